The number of urea groups is 1. The largest absolute Gasteiger partial charge is 0.351 e. The third-order valence-corrected chi connectivity index (χ3v) is 7.19. The number of benzene rings is 1. The van der Waals surface area contributed by atoms with Crippen molar-refractivity contribution < 1.29 is 14.4 Å². The summed E-state index contributed by atoms with van der Waals surface area (Å²) in [5.41, 5.74) is 6.50. The van der Waals surface area contributed by atoms with Crippen molar-refractivity contribution in [2.24, 2.45) is 5.73 Å². The molecule has 3 amide bonds. The van der Waals surface area contributed by atoms with E-state index < -0.39 is 11.4 Å². The number of rotatable bonds is 5. The Hall–Kier alpha value is -2.56. The van der Waals surface area contributed by atoms with Gasteiger partial charge in [-0.3, -0.25) is 9.36 Å². The van der Waals surface area contributed by atoms with Gasteiger partial charge in [-0.05, 0) is 12.5 Å². The molecule has 11 heteroatoms. The maximum absolute atomic E-state index is 12.9. The van der Waals surface area contributed by atoms with Crippen LogP contribution in [0.3, 0.4) is 0 Å². The SMILES string of the molecule is NC(=O)n1cc(NC(=O)N2CCS[C@H]2C(=O)CCc2cnc(Cl)s2)c2ccccc21. The fourth-order valence-electron chi connectivity index (χ4n) is 3.36. The van der Waals surface area contributed by atoms with E-state index in [1.807, 2.05) is 6.07 Å². The number of nitrogens with zero attached hydrogens (tertiary/aromatic N) is 3. The maximum Gasteiger partial charge on any atom is 0.323 e. The normalized spacial score (nSPS) is 16.2. The zero-order chi connectivity index (χ0) is 21.3. The molecule has 156 valence electrons. The van der Waals surface area contributed by atoms with Crippen molar-refractivity contribution in [3.05, 3.63) is 46.0 Å². The van der Waals surface area contributed by atoms with Crippen LogP contribution in [-0.4, -0.2) is 50.0 Å². The molecule has 0 spiro atoms. The molecule has 3 aromatic rings. The van der Waals surface area contributed by atoms with Crippen LogP contribution in [0.4, 0.5) is 15.3 Å². The second-order valence-corrected chi connectivity index (χ2v) is 9.55. The number of nitrogens with two attached hydrogens (primary N) is 1. The number of aryl methyl sites for hydroxylation is 1. The first-order valence-corrected chi connectivity index (χ1v) is 11.4. The summed E-state index contributed by atoms with van der Waals surface area (Å²) in [6, 6.07) is 6.12. The number of nitrogens with one attached hydrogen (secondary N) is 1. The van der Waals surface area contributed by atoms with Crippen molar-refractivity contribution >= 4 is 69.1 Å². The molecule has 8 nitrogen and oxygen atoms in total. The van der Waals surface area contributed by atoms with Crippen molar-refractivity contribution in [1.29, 1.82) is 0 Å². The number of fused-ring (bicyclic) bond motifs is 1. The van der Waals surface area contributed by atoms with Gasteiger partial charge in [-0.1, -0.05) is 29.8 Å². The van der Waals surface area contributed by atoms with Gasteiger partial charge in [0.1, 0.15) is 5.37 Å². The number of hydrogen-bond donors (Lipinski definition) is 2. The van der Waals surface area contributed by atoms with Crippen LogP contribution in [0.2, 0.25) is 4.47 Å². The van der Waals surface area contributed by atoms with E-state index in [1.54, 1.807) is 24.4 Å². The number of amides is 3. The first-order chi connectivity index (χ1) is 14.4. The molecular weight excluding hydrogens is 446 g/mol. The molecule has 3 N–H and O–H groups in total. The van der Waals surface area contributed by atoms with Gasteiger partial charge >= 0.3 is 12.1 Å². The topological polar surface area (TPSA) is 110 Å². The number of aromatic nitrogens is 2. The van der Waals surface area contributed by atoms with E-state index in [0.29, 0.717) is 46.2 Å². The minimum atomic E-state index is -0.639. The summed E-state index contributed by atoms with van der Waals surface area (Å²) < 4.78 is 1.73. The van der Waals surface area contributed by atoms with Crippen LogP contribution in [0, 0.1) is 0 Å². The van der Waals surface area contributed by atoms with Gasteiger partial charge in [0.2, 0.25) is 0 Å². The number of thioether (sulfide) groups is 1. The second-order valence-electron chi connectivity index (χ2n) is 6.66. The molecule has 0 unspecified atom stereocenters. The minimum Gasteiger partial charge on any atom is -0.351 e. The number of thiazole rings is 1. The molecule has 3 heterocycles. The summed E-state index contributed by atoms with van der Waals surface area (Å²) >= 11 is 8.63. The summed E-state index contributed by atoms with van der Waals surface area (Å²) in [7, 11) is 0. The Morgan fingerprint density at radius 1 is 1.30 bits per heavy atom. The standard InChI is InChI=1S/C19H18ClN5O3S2/c20-17-22-9-11(30-17)5-6-15(26)16-24(7-8-29-16)19(28)23-13-10-25(18(21)27)14-4-2-1-3-12(13)14/h1-4,9-10,16H,5-8H2,(H2,21,27)(H,23,28)/t16-/m0/s1. The van der Waals surface area contributed by atoms with Gasteiger partial charge in [-0.2, -0.15) is 0 Å². The van der Waals surface area contributed by atoms with Crippen molar-refractivity contribution in [2.75, 3.05) is 17.6 Å². The zero-order valence-corrected chi connectivity index (χ0v) is 18.1. The van der Waals surface area contributed by atoms with Gasteiger partial charge < -0.3 is 16.0 Å². The van der Waals surface area contributed by atoms with Crippen molar-refractivity contribution in [3.63, 3.8) is 0 Å². The Labute approximate surface area is 185 Å². The summed E-state index contributed by atoms with van der Waals surface area (Å²) in [4.78, 5) is 43.8. The van der Waals surface area contributed by atoms with E-state index in [-0.39, 0.29) is 11.8 Å². The first-order valence-electron chi connectivity index (χ1n) is 9.16. The Kier molecular flexibility index (Phi) is 5.98. The van der Waals surface area contributed by atoms with Crippen LogP contribution in [0.1, 0.15) is 11.3 Å². The molecule has 2 aromatic heterocycles. The molecule has 0 bridgehead atoms. The van der Waals surface area contributed by atoms with Crippen LogP contribution in [-0.2, 0) is 11.2 Å². The lowest BCUT2D eigenvalue weighted by atomic mass is 10.2. The fraction of sp³-hybridized carbons (Fsp3) is 0.263. The summed E-state index contributed by atoms with van der Waals surface area (Å²) in [6.07, 6.45) is 4.02. The summed E-state index contributed by atoms with van der Waals surface area (Å²) in [6.45, 7) is 0.466. The predicted molar refractivity (Wildman–Crippen MR) is 119 cm³/mol. The number of halogens is 1. The average Bonchev–Trinajstić information content (AvgIpc) is 3.45. The Morgan fingerprint density at radius 2 is 2.10 bits per heavy atom. The molecule has 1 atom stereocenters. The van der Waals surface area contributed by atoms with Gasteiger partial charge in [0.25, 0.3) is 0 Å². The number of Topliss-reactive ketones (excluding diaryl/α,β-unsaturated/α-hetero) is 1. The van der Waals surface area contributed by atoms with Crippen LogP contribution >= 0.6 is 34.7 Å². The molecule has 1 fully saturated rings. The molecule has 0 aliphatic carbocycles. The van der Waals surface area contributed by atoms with Gasteiger partial charge in [0.05, 0.1) is 11.2 Å². The Bertz CT molecular complexity index is 1130. The fourth-order valence-corrected chi connectivity index (χ4v) is 5.55. The molecule has 30 heavy (non-hydrogen) atoms. The van der Waals surface area contributed by atoms with E-state index in [1.165, 1.54) is 38.8 Å². The third kappa shape index (κ3) is 4.16. The van der Waals surface area contributed by atoms with Gasteiger partial charge in [-0.15, -0.1) is 23.1 Å². The summed E-state index contributed by atoms with van der Waals surface area (Å²) in [5, 5.41) is 2.98. The van der Waals surface area contributed by atoms with Crippen LogP contribution in [0.5, 0.6) is 0 Å². The molecular formula is C19H18ClN5O3S2. The highest BCUT2D eigenvalue weighted by atomic mass is 35.5. The minimum absolute atomic E-state index is 0.0169. The van der Waals surface area contributed by atoms with Crippen molar-refractivity contribution in [2.45, 2.75) is 18.2 Å². The number of carbonyl (C=O) groups is 3. The van der Waals surface area contributed by atoms with E-state index in [0.717, 1.165) is 4.88 Å². The molecule has 4 rings (SSSR count). The van der Waals surface area contributed by atoms with Crippen LogP contribution in [0.15, 0.2) is 36.7 Å². The van der Waals surface area contributed by atoms with E-state index >= 15 is 0 Å². The van der Waals surface area contributed by atoms with Gasteiger partial charge in [0, 0.05) is 41.4 Å². The number of primary amides is 1. The molecule has 1 aliphatic rings. The van der Waals surface area contributed by atoms with E-state index in [9.17, 15) is 14.4 Å². The highest BCUT2D eigenvalue weighted by molar-refractivity contribution is 8.00. The predicted octanol–water partition coefficient (Wildman–Crippen LogP) is 3.79. The molecule has 0 saturated carbocycles. The Morgan fingerprint density at radius 3 is 2.83 bits per heavy atom. The number of carbonyl (C=O) groups excluding carboxylic acids is 3. The highest BCUT2D eigenvalue weighted by Gasteiger charge is 2.34. The molecule has 0 radical (unpaired) electrons. The summed E-state index contributed by atoms with van der Waals surface area (Å²) in [5.74, 6) is 0.663. The smallest absolute Gasteiger partial charge is 0.323 e. The first kappa shape index (κ1) is 20.7. The van der Waals surface area contributed by atoms with Crippen molar-refractivity contribution in [1.82, 2.24) is 14.5 Å². The number of para-hydroxylation sites is 1. The van der Waals surface area contributed by atoms with E-state index in [4.69, 9.17) is 17.3 Å². The highest BCUT2D eigenvalue weighted by Crippen LogP contribution is 2.30. The van der Waals surface area contributed by atoms with Crippen LogP contribution in [0.25, 0.3) is 10.9 Å². The van der Waals surface area contributed by atoms with Gasteiger partial charge in [0.15, 0.2) is 10.3 Å². The molecule has 1 aliphatic heterocycles. The lowest BCUT2D eigenvalue weighted by Gasteiger charge is -2.23. The lowest BCUT2D eigenvalue weighted by molar-refractivity contribution is -0.120. The maximum atomic E-state index is 12.9. The third-order valence-electron chi connectivity index (χ3n) is 4.76. The Balaban J connectivity index is 1.47. The molecule has 1 aromatic carbocycles. The monoisotopic (exact) mass is 463 g/mol. The van der Waals surface area contributed by atoms with Gasteiger partial charge in [-0.25, -0.2) is 14.6 Å². The molecule has 1 saturated heterocycles. The lowest BCUT2D eigenvalue weighted by Crippen LogP contribution is -2.42. The second kappa shape index (κ2) is 8.66. The zero-order valence-electron chi connectivity index (χ0n) is 15.7. The van der Waals surface area contributed by atoms with E-state index in [2.05, 4.69) is 10.3 Å². The number of ketones is 1. The average molecular weight is 464 g/mol. The van der Waals surface area contributed by atoms with Crippen molar-refractivity contribution in [3.8, 4) is 0 Å². The number of anilines is 1. The number of hydrogen-bond acceptors (Lipinski definition) is 6. The van der Waals surface area contributed by atoms with Crippen LogP contribution < -0.4 is 11.1 Å². The quantitative estimate of drug-likeness (QED) is 0.598.